The van der Waals surface area contributed by atoms with E-state index < -0.39 is 18.7 Å². The first-order valence-electron chi connectivity index (χ1n) is 1.99. The Morgan fingerprint density at radius 2 is 1.50 bits per heavy atom. The highest BCUT2D eigenvalue weighted by Crippen LogP contribution is 2.72. The molecule has 0 aliphatic rings. The van der Waals surface area contributed by atoms with Crippen LogP contribution in [0.4, 0.5) is 13.2 Å². The molecule has 74 valence electrons. The van der Waals surface area contributed by atoms with Crippen molar-refractivity contribution in [3.8, 4) is 0 Å². The summed E-state index contributed by atoms with van der Waals surface area (Å²) in [6.45, 7) is 0. The van der Waals surface area contributed by atoms with Crippen LogP contribution in [0.5, 0.6) is 0 Å². The highest BCUT2D eigenvalue weighted by atomic mass is 80.0. The van der Waals surface area contributed by atoms with Gasteiger partial charge in [-0.15, -0.1) is 4.15 Å². The van der Waals surface area contributed by atoms with E-state index in [0.29, 0.717) is 0 Å². The lowest BCUT2D eigenvalue weighted by Gasteiger charge is -2.04. The third kappa shape index (κ3) is 4.59. The van der Waals surface area contributed by atoms with Crippen LogP contribution in [-0.4, -0.2) is 13.9 Å². The van der Waals surface area contributed by atoms with E-state index in [0.717, 1.165) is 0 Å². The quantitative estimate of drug-likeness (QED) is 0.606. The molecule has 0 bridgehead atoms. The third-order valence-electron chi connectivity index (χ3n) is 0.493. The molecule has 0 rings (SSSR count). The molecule has 0 heterocycles. The Bertz CT molecular complexity index is 307. The van der Waals surface area contributed by atoms with Crippen molar-refractivity contribution in [1.29, 1.82) is 0 Å². The van der Waals surface area contributed by atoms with Crippen LogP contribution in [0.15, 0.2) is 4.15 Å². The maximum atomic E-state index is 11.6. The minimum Gasteiger partial charge on any atom is -0.195 e. The fourth-order valence-corrected chi connectivity index (χ4v) is 6.12. The van der Waals surface area contributed by atoms with E-state index in [9.17, 15) is 21.6 Å². The zero-order chi connectivity index (χ0) is 10.2. The fourth-order valence-electron chi connectivity index (χ4n) is 0.168. The van der Waals surface area contributed by atoms with Gasteiger partial charge in [0.05, 0.1) is 0 Å². The maximum Gasteiger partial charge on any atom is 0.518 e. The number of hydrogen-bond acceptors (Lipinski definition) is 2. The van der Waals surface area contributed by atoms with Gasteiger partial charge in [-0.2, -0.15) is 21.6 Å². The summed E-state index contributed by atoms with van der Waals surface area (Å²) in [7, 11) is -5.42. The summed E-state index contributed by atoms with van der Waals surface area (Å²) in [5.41, 5.74) is -5.35. The molecule has 0 aliphatic carbocycles. The first kappa shape index (κ1) is 13.4. The van der Waals surface area contributed by atoms with Crippen LogP contribution in [0.1, 0.15) is 0 Å². The zero-order valence-corrected chi connectivity index (χ0v) is 11.4. The second-order valence-corrected chi connectivity index (χ2v) is 22.1. The largest absolute Gasteiger partial charge is 0.518 e. The van der Waals surface area contributed by atoms with E-state index in [1.54, 1.807) is 0 Å². The molecule has 0 aromatic rings. The predicted molar refractivity (Wildman–Crippen MR) is 51.1 cm³/mol. The van der Waals surface area contributed by atoms with E-state index in [-0.39, 0.29) is 0 Å². The van der Waals surface area contributed by atoms with Gasteiger partial charge in [-0.25, -0.2) is 0 Å². The minimum atomic E-state index is -5.42. The zero-order valence-electron chi connectivity index (χ0n) is 4.89. The van der Waals surface area contributed by atoms with Gasteiger partial charge >= 0.3 is 15.5 Å². The average molecular weight is 418 g/mol. The van der Waals surface area contributed by atoms with Crippen molar-refractivity contribution < 1.29 is 21.6 Å². The Morgan fingerprint density at radius 3 is 1.58 bits per heavy atom. The molecule has 0 aromatic carbocycles. The van der Waals surface area contributed by atoms with Crippen LogP contribution in [0, 0.1) is 0 Å². The van der Waals surface area contributed by atoms with Crippen LogP contribution in [0.2, 0.25) is 0 Å². The van der Waals surface area contributed by atoms with Crippen molar-refractivity contribution >= 4 is 59.7 Å². The number of alkyl halides is 3. The van der Waals surface area contributed by atoms with Gasteiger partial charge in [0.2, 0.25) is 0 Å². The Kier molecular flexibility index (Phi) is 4.33. The van der Waals surface area contributed by atoms with E-state index >= 15 is 0 Å². The topological polar surface area (TPSA) is 46.5 Å². The van der Waals surface area contributed by atoms with Crippen molar-refractivity contribution in [2.45, 2.75) is 5.51 Å². The summed E-state index contributed by atoms with van der Waals surface area (Å²) in [6, 6.07) is 0. The Hall–Kier alpha value is 1.41. The molecule has 0 radical (unpaired) electrons. The molecule has 0 atom stereocenters. The predicted octanol–water partition coefficient (Wildman–Crippen LogP) is 3.97. The van der Waals surface area contributed by atoms with E-state index in [2.05, 4.69) is 50.6 Å². The highest BCUT2D eigenvalue weighted by Gasteiger charge is 2.46. The van der Waals surface area contributed by atoms with Crippen LogP contribution >= 0.6 is 49.6 Å². The summed E-state index contributed by atoms with van der Waals surface area (Å²) in [6.07, 6.45) is 0. The molecular formula is CBr3F3NO2PS. The van der Waals surface area contributed by atoms with Gasteiger partial charge in [-0.3, -0.25) is 0 Å². The van der Waals surface area contributed by atoms with Crippen LogP contribution in [-0.2, 0) is 10.0 Å². The summed E-state index contributed by atoms with van der Waals surface area (Å²) >= 11 is 7.82. The molecular weight excluding hydrogens is 418 g/mol. The molecule has 0 saturated carbocycles. The lowest BCUT2D eigenvalue weighted by Crippen LogP contribution is -2.19. The second kappa shape index (κ2) is 3.88. The molecule has 0 spiro atoms. The van der Waals surface area contributed by atoms with Crippen LogP contribution in [0.3, 0.4) is 0 Å². The molecule has 0 amide bonds. The Balaban J connectivity index is 5.23. The maximum absolute atomic E-state index is 11.6. The lowest BCUT2D eigenvalue weighted by molar-refractivity contribution is -0.0434. The molecule has 3 nitrogen and oxygen atoms in total. The highest BCUT2D eigenvalue weighted by molar-refractivity contribution is 9.94. The summed E-state index contributed by atoms with van der Waals surface area (Å²) in [5, 5.41) is 0. The number of rotatable bonds is 1. The van der Waals surface area contributed by atoms with Gasteiger partial charge in [-0.05, 0) is 46.5 Å². The molecule has 12 heavy (non-hydrogen) atoms. The number of halogens is 6. The first-order chi connectivity index (χ1) is 4.96. The molecule has 0 unspecified atom stereocenters. The van der Waals surface area contributed by atoms with Gasteiger partial charge in [0.1, 0.15) is 0 Å². The summed E-state index contributed by atoms with van der Waals surface area (Å²) in [5.74, 6) is 0. The lowest BCUT2D eigenvalue weighted by atomic mass is 11.6. The fraction of sp³-hybridized carbons (Fsp3) is 1.00. The van der Waals surface area contributed by atoms with Gasteiger partial charge in [0.25, 0.3) is 0 Å². The smallest absolute Gasteiger partial charge is 0.195 e. The molecule has 0 fully saturated rings. The van der Waals surface area contributed by atoms with Crippen molar-refractivity contribution in [3.05, 3.63) is 0 Å². The first-order valence-corrected chi connectivity index (χ1v) is 11.2. The molecule has 0 saturated heterocycles. The van der Waals surface area contributed by atoms with Gasteiger partial charge in [0.15, 0.2) is 3.16 Å². The normalized spacial score (nSPS) is 14.5. The second-order valence-electron chi connectivity index (χ2n) is 1.42. The summed E-state index contributed by atoms with van der Waals surface area (Å²) < 4.78 is 55.2. The standard InChI is InChI=1S/CBr3F3NO2PS/c2-11(3,4)8-12(9,10)1(5,6)7. The molecule has 0 aromatic heterocycles. The van der Waals surface area contributed by atoms with Crippen molar-refractivity contribution in [1.82, 2.24) is 0 Å². The average Bonchev–Trinajstić information content (AvgIpc) is 1.52. The van der Waals surface area contributed by atoms with Crippen LogP contribution in [0.25, 0.3) is 0 Å². The van der Waals surface area contributed by atoms with Gasteiger partial charge in [-0.1, -0.05) is 0 Å². The van der Waals surface area contributed by atoms with Crippen LogP contribution < -0.4 is 0 Å². The van der Waals surface area contributed by atoms with Crippen molar-refractivity contribution in [2.75, 3.05) is 0 Å². The van der Waals surface area contributed by atoms with Crippen molar-refractivity contribution in [2.24, 2.45) is 4.15 Å². The Morgan fingerprint density at radius 1 is 1.17 bits per heavy atom. The van der Waals surface area contributed by atoms with E-state index in [1.165, 1.54) is 0 Å². The molecule has 11 heteroatoms. The number of hydrogen-bond donors (Lipinski definition) is 0. The van der Waals surface area contributed by atoms with Gasteiger partial charge in [0, 0.05) is 0 Å². The van der Waals surface area contributed by atoms with Gasteiger partial charge < -0.3 is 0 Å². The number of nitrogens with zero attached hydrogens (tertiary/aromatic N) is 1. The monoisotopic (exact) mass is 415 g/mol. The van der Waals surface area contributed by atoms with Crippen molar-refractivity contribution in [3.63, 3.8) is 0 Å². The third-order valence-corrected chi connectivity index (χ3v) is 6.17. The number of sulfonamides is 1. The Labute approximate surface area is 90.4 Å². The summed E-state index contributed by atoms with van der Waals surface area (Å²) in [4.78, 5) is 0. The minimum absolute atomic E-state index is 2.52. The molecule has 0 N–H and O–H groups in total. The SMILES string of the molecule is O=S(=O)(N=P(Br)(Br)Br)C(F)(F)F. The van der Waals surface area contributed by atoms with E-state index in [1.807, 2.05) is 0 Å². The molecule has 0 aliphatic heterocycles. The van der Waals surface area contributed by atoms with E-state index in [4.69, 9.17) is 0 Å².